The molecule has 0 fully saturated rings. The molecule has 0 aromatic rings. The smallest absolute Gasteiger partial charge is 0.317 e. The molecule has 1 amide bonds. The van der Waals surface area contributed by atoms with Gasteiger partial charge in [-0.25, -0.2) is 0 Å². The topological polar surface area (TPSA) is 69.6 Å². The number of nitrogens with one attached hydrogen (secondary N) is 1. The van der Waals surface area contributed by atoms with Gasteiger partial charge in [-0.3, -0.25) is 14.5 Å². The Bertz CT molecular complexity index is 252. The molecule has 0 aromatic heterocycles. The van der Waals surface area contributed by atoms with E-state index < -0.39 is 5.97 Å². The fraction of sp³-hybridized carbons (Fsp3) is 0.818. The zero-order valence-electron chi connectivity index (χ0n) is 10.5. The number of amides is 1. The van der Waals surface area contributed by atoms with E-state index in [4.69, 9.17) is 5.11 Å². The third kappa shape index (κ3) is 6.40. The third-order valence-electron chi connectivity index (χ3n) is 2.53. The van der Waals surface area contributed by atoms with E-state index in [-0.39, 0.29) is 24.5 Å². The molecule has 0 rings (SSSR count). The Labute approximate surface area is 96.8 Å². The second kappa shape index (κ2) is 6.48. The highest BCUT2D eigenvalue weighted by Crippen LogP contribution is 2.06. The second-order valence-electron chi connectivity index (χ2n) is 4.48. The molecule has 94 valence electrons. The van der Waals surface area contributed by atoms with Gasteiger partial charge in [0.1, 0.15) is 0 Å². The molecular formula is C11H22N2O3. The lowest BCUT2D eigenvalue weighted by Gasteiger charge is -2.26. The maximum absolute atomic E-state index is 11.6. The third-order valence-corrected chi connectivity index (χ3v) is 2.53. The van der Waals surface area contributed by atoms with Crippen molar-refractivity contribution in [1.29, 1.82) is 0 Å². The summed E-state index contributed by atoms with van der Waals surface area (Å²) < 4.78 is 0. The minimum absolute atomic E-state index is 0.101. The largest absolute Gasteiger partial charge is 0.480 e. The summed E-state index contributed by atoms with van der Waals surface area (Å²) in [6.45, 7) is 8.29. The van der Waals surface area contributed by atoms with Crippen molar-refractivity contribution in [2.24, 2.45) is 0 Å². The van der Waals surface area contributed by atoms with Gasteiger partial charge in [0.15, 0.2) is 0 Å². The normalized spacial score (nSPS) is 11.6. The fourth-order valence-electron chi connectivity index (χ4n) is 1.18. The van der Waals surface area contributed by atoms with E-state index in [1.165, 1.54) is 0 Å². The van der Waals surface area contributed by atoms with E-state index in [1.54, 1.807) is 4.90 Å². The highest BCUT2D eigenvalue weighted by Gasteiger charge is 2.19. The second-order valence-corrected chi connectivity index (χ2v) is 4.48. The first kappa shape index (κ1) is 14.9. The van der Waals surface area contributed by atoms with Gasteiger partial charge >= 0.3 is 5.97 Å². The molecule has 0 aliphatic rings. The Morgan fingerprint density at radius 2 is 1.81 bits per heavy atom. The SMILES string of the molecule is CCN(CC(=O)O)CC(=O)NC(C)(C)CC. The Morgan fingerprint density at radius 1 is 1.25 bits per heavy atom. The molecule has 0 radical (unpaired) electrons. The van der Waals surface area contributed by atoms with Crippen LogP contribution >= 0.6 is 0 Å². The van der Waals surface area contributed by atoms with E-state index in [1.807, 2.05) is 27.7 Å². The predicted octanol–water partition coefficient (Wildman–Crippen LogP) is 0.698. The van der Waals surface area contributed by atoms with Crippen LogP contribution in [-0.4, -0.2) is 47.1 Å². The quantitative estimate of drug-likeness (QED) is 0.675. The van der Waals surface area contributed by atoms with Gasteiger partial charge in [-0.2, -0.15) is 0 Å². The summed E-state index contributed by atoms with van der Waals surface area (Å²) in [7, 11) is 0. The van der Waals surface area contributed by atoms with Crippen LogP contribution < -0.4 is 5.32 Å². The van der Waals surface area contributed by atoms with Crippen LogP contribution in [0.3, 0.4) is 0 Å². The van der Waals surface area contributed by atoms with Crippen LogP contribution in [-0.2, 0) is 9.59 Å². The molecule has 0 unspecified atom stereocenters. The summed E-state index contributed by atoms with van der Waals surface area (Å²) in [5.74, 6) is -1.04. The first-order valence-electron chi connectivity index (χ1n) is 5.56. The van der Waals surface area contributed by atoms with Gasteiger partial charge in [-0.15, -0.1) is 0 Å². The van der Waals surface area contributed by atoms with Crippen LogP contribution in [0.15, 0.2) is 0 Å². The lowest BCUT2D eigenvalue weighted by atomic mass is 10.0. The van der Waals surface area contributed by atoms with E-state index in [9.17, 15) is 9.59 Å². The zero-order chi connectivity index (χ0) is 12.8. The van der Waals surface area contributed by atoms with Crippen LogP contribution in [0.5, 0.6) is 0 Å². The Morgan fingerprint density at radius 3 is 2.19 bits per heavy atom. The molecule has 0 bridgehead atoms. The predicted molar refractivity (Wildman–Crippen MR) is 62.3 cm³/mol. The number of likely N-dealkylation sites (N-methyl/N-ethyl adjacent to an activating group) is 1. The molecule has 0 heterocycles. The lowest BCUT2D eigenvalue weighted by molar-refractivity contribution is -0.138. The number of carbonyl (C=O) groups excluding carboxylic acids is 1. The number of hydrogen-bond acceptors (Lipinski definition) is 3. The van der Waals surface area contributed by atoms with Gasteiger partial charge in [0.05, 0.1) is 13.1 Å². The molecule has 2 N–H and O–H groups in total. The molecule has 0 saturated heterocycles. The summed E-state index contributed by atoms with van der Waals surface area (Å²) in [5.41, 5.74) is -0.236. The number of rotatable bonds is 7. The molecule has 16 heavy (non-hydrogen) atoms. The first-order valence-corrected chi connectivity index (χ1v) is 5.56. The lowest BCUT2D eigenvalue weighted by Crippen LogP contribution is -2.48. The molecule has 0 aliphatic heterocycles. The molecule has 0 saturated carbocycles. The van der Waals surface area contributed by atoms with Crippen LogP contribution in [0.4, 0.5) is 0 Å². The molecule has 0 atom stereocenters. The monoisotopic (exact) mass is 230 g/mol. The van der Waals surface area contributed by atoms with Gasteiger partial charge in [0.2, 0.25) is 5.91 Å². The van der Waals surface area contributed by atoms with E-state index in [2.05, 4.69) is 5.32 Å². The standard InChI is InChI=1S/C11H22N2O3/c1-5-11(3,4)12-9(14)7-13(6-2)8-10(15)16/h5-8H2,1-4H3,(H,12,14)(H,15,16). The van der Waals surface area contributed by atoms with Gasteiger partial charge in [-0.05, 0) is 26.8 Å². The highest BCUT2D eigenvalue weighted by molar-refractivity contribution is 5.79. The summed E-state index contributed by atoms with van der Waals surface area (Å²) >= 11 is 0. The maximum atomic E-state index is 11.6. The van der Waals surface area contributed by atoms with Crippen molar-refractivity contribution in [2.75, 3.05) is 19.6 Å². The van der Waals surface area contributed by atoms with Gasteiger partial charge in [-0.1, -0.05) is 13.8 Å². The number of aliphatic carboxylic acids is 1. The van der Waals surface area contributed by atoms with Gasteiger partial charge in [0, 0.05) is 5.54 Å². The average molecular weight is 230 g/mol. The molecule has 0 aliphatic carbocycles. The van der Waals surface area contributed by atoms with Crippen molar-refractivity contribution < 1.29 is 14.7 Å². The van der Waals surface area contributed by atoms with Crippen molar-refractivity contribution in [3.63, 3.8) is 0 Å². The van der Waals surface area contributed by atoms with Gasteiger partial charge in [0.25, 0.3) is 0 Å². The number of nitrogens with zero attached hydrogens (tertiary/aromatic N) is 1. The van der Waals surface area contributed by atoms with Crippen LogP contribution in [0.25, 0.3) is 0 Å². The maximum Gasteiger partial charge on any atom is 0.317 e. The van der Waals surface area contributed by atoms with Crippen LogP contribution in [0.2, 0.25) is 0 Å². The molecular weight excluding hydrogens is 208 g/mol. The van der Waals surface area contributed by atoms with Crippen LogP contribution in [0, 0.1) is 0 Å². The van der Waals surface area contributed by atoms with Crippen molar-refractivity contribution in [3.8, 4) is 0 Å². The van der Waals surface area contributed by atoms with Crippen molar-refractivity contribution in [2.45, 2.75) is 39.7 Å². The molecule has 5 heteroatoms. The zero-order valence-corrected chi connectivity index (χ0v) is 10.5. The first-order chi connectivity index (χ1) is 7.30. The number of carbonyl (C=O) groups is 2. The average Bonchev–Trinajstić information content (AvgIpc) is 2.15. The van der Waals surface area contributed by atoms with E-state index in [0.29, 0.717) is 6.54 Å². The number of hydrogen-bond donors (Lipinski definition) is 2. The molecule has 0 aromatic carbocycles. The minimum Gasteiger partial charge on any atom is -0.480 e. The Balaban J connectivity index is 4.16. The molecule has 0 spiro atoms. The summed E-state index contributed by atoms with van der Waals surface area (Å²) in [6.07, 6.45) is 0.837. The summed E-state index contributed by atoms with van der Waals surface area (Å²) in [5, 5.41) is 11.5. The van der Waals surface area contributed by atoms with E-state index >= 15 is 0 Å². The summed E-state index contributed by atoms with van der Waals surface area (Å²) in [4.78, 5) is 23.7. The fourth-order valence-corrected chi connectivity index (χ4v) is 1.18. The summed E-state index contributed by atoms with van der Waals surface area (Å²) in [6, 6.07) is 0. The van der Waals surface area contributed by atoms with Crippen molar-refractivity contribution >= 4 is 11.9 Å². The van der Waals surface area contributed by atoms with Crippen LogP contribution in [0.1, 0.15) is 34.1 Å². The van der Waals surface area contributed by atoms with Gasteiger partial charge < -0.3 is 10.4 Å². The van der Waals surface area contributed by atoms with Crippen molar-refractivity contribution in [3.05, 3.63) is 0 Å². The van der Waals surface area contributed by atoms with E-state index in [0.717, 1.165) is 6.42 Å². The minimum atomic E-state index is -0.913. The number of carboxylic acid groups (broad SMARTS) is 1. The van der Waals surface area contributed by atoms with Crippen molar-refractivity contribution in [1.82, 2.24) is 10.2 Å². The Kier molecular flexibility index (Phi) is 6.03. The highest BCUT2D eigenvalue weighted by atomic mass is 16.4. The molecule has 5 nitrogen and oxygen atoms in total. The number of carboxylic acids is 1. The Hall–Kier alpha value is -1.10.